The zero-order valence-electron chi connectivity index (χ0n) is 18.2. The number of unbranched alkanes of at least 4 members (excludes halogenated alkanes) is 6. The summed E-state index contributed by atoms with van der Waals surface area (Å²) in [4.78, 5) is 11.9. The molecule has 0 aliphatic heterocycles. The summed E-state index contributed by atoms with van der Waals surface area (Å²) in [6, 6.07) is 8.85. The van der Waals surface area contributed by atoms with E-state index < -0.39 is 18.6 Å². The Morgan fingerprint density at radius 3 is 2.27 bits per heavy atom. The molecule has 170 valence electrons. The Balaban J connectivity index is 1.60. The first-order valence-electron chi connectivity index (χ1n) is 11.5. The van der Waals surface area contributed by atoms with Gasteiger partial charge in [0.05, 0.1) is 0 Å². The molecule has 6 heteroatoms. The minimum Gasteiger partial charge on any atom is -0.347 e. The third kappa shape index (κ3) is 9.96. The lowest BCUT2D eigenvalue weighted by Gasteiger charge is -2.14. The SMILES string of the molecule is CCCCCCCCCc1ccc(CNC2CCC(C(=O)NCC(F)(F)F)C2)cc1. The van der Waals surface area contributed by atoms with Gasteiger partial charge in [-0.05, 0) is 43.2 Å². The van der Waals surface area contributed by atoms with Crippen LogP contribution < -0.4 is 10.6 Å². The lowest BCUT2D eigenvalue weighted by atomic mass is 10.0. The van der Waals surface area contributed by atoms with Crippen LogP contribution in [0.15, 0.2) is 24.3 Å². The van der Waals surface area contributed by atoms with Crippen molar-refractivity contribution in [1.29, 1.82) is 0 Å². The number of benzene rings is 1. The van der Waals surface area contributed by atoms with Gasteiger partial charge in [-0.3, -0.25) is 4.79 Å². The molecule has 1 aromatic carbocycles. The Hall–Kier alpha value is -1.56. The fourth-order valence-electron chi connectivity index (χ4n) is 4.11. The molecule has 0 spiro atoms. The van der Waals surface area contributed by atoms with Crippen LogP contribution in [0.2, 0.25) is 0 Å². The van der Waals surface area contributed by atoms with Crippen LogP contribution in [0.25, 0.3) is 0 Å². The van der Waals surface area contributed by atoms with Gasteiger partial charge in [0.1, 0.15) is 6.54 Å². The van der Waals surface area contributed by atoms with Crippen molar-refractivity contribution in [3.63, 3.8) is 0 Å². The summed E-state index contributed by atoms with van der Waals surface area (Å²) in [6.45, 7) is 1.72. The summed E-state index contributed by atoms with van der Waals surface area (Å²) < 4.78 is 36.7. The summed E-state index contributed by atoms with van der Waals surface area (Å²) in [5, 5.41) is 5.46. The number of hydrogen-bond acceptors (Lipinski definition) is 2. The highest BCUT2D eigenvalue weighted by Gasteiger charge is 2.33. The van der Waals surface area contributed by atoms with E-state index in [-0.39, 0.29) is 12.0 Å². The fraction of sp³-hybridized carbons (Fsp3) is 0.708. The number of alkyl halides is 3. The van der Waals surface area contributed by atoms with E-state index in [4.69, 9.17) is 0 Å². The van der Waals surface area contributed by atoms with E-state index in [9.17, 15) is 18.0 Å². The Bertz CT molecular complexity index is 616. The predicted octanol–water partition coefficient (Wildman–Crippen LogP) is 5.92. The first-order valence-corrected chi connectivity index (χ1v) is 11.5. The molecule has 3 nitrogen and oxygen atoms in total. The number of hydrogen-bond donors (Lipinski definition) is 2. The van der Waals surface area contributed by atoms with Crippen LogP contribution >= 0.6 is 0 Å². The monoisotopic (exact) mass is 426 g/mol. The van der Waals surface area contributed by atoms with Gasteiger partial charge in [-0.2, -0.15) is 13.2 Å². The molecule has 1 aliphatic rings. The molecule has 0 bridgehead atoms. The number of amides is 1. The van der Waals surface area contributed by atoms with E-state index in [1.165, 1.54) is 56.1 Å². The average Bonchev–Trinajstić information content (AvgIpc) is 3.19. The van der Waals surface area contributed by atoms with E-state index in [2.05, 4.69) is 36.5 Å². The van der Waals surface area contributed by atoms with Gasteiger partial charge in [0.15, 0.2) is 0 Å². The summed E-state index contributed by atoms with van der Waals surface area (Å²) in [5.41, 5.74) is 2.57. The maximum Gasteiger partial charge on any atom is 0.405 e. The van der Waals surface area contributed by atoms with Crippen molar-refractivity contribution < 1.29 is 18.0 Å². The second kappa shape index (κ2) is 13.0. The van der Waals surface area contributed by atoms with E-state index in [0.717, 1.165) is 19.4 Å². The molecule has 2 atom stereocenters. The third-order valence-corrected chi connectivity index (χ3v) is 5.95. The molecule has 1 fully saturated rings. The normalized spacial score (nSPS) is 19.2. The van der Waals surface area contributed by atoms with E-state index in [0.29, 0.717) is 12.8 Å². The van der Waals surface area contributed by atoms with Crippen LogP contribution in [-0.4, -0.2) is 24.7 Å². The highest BCUT2D eigenvalue weighted by molar-refractivity contribution is 5.79. The van der Waals surface area contributed by atoms with Crippen LogP contribution in [0.3, 0.4) is 0 Å². The Kier molecular flexibility index (Phi) is 10.7. The van der Waals surface area contributed by atoms with Crippen molar-refractivity contribution in [2.24, 2.45) is 5.92 Å². The van der Waals surface area contributed by atoms with Crippen molar-refractivity contribution >= 4 is 5.91 Å². The van der Waals surface area contributed by atoms with Gasteiger partial charge >= 0.3 is 6.18 Å². The molecular formula is C24H37F3N2O. The van der Waals surface area contributed by atoms with Crippen molar-refractivity contribution in [3.05, 3.63) is 35.4 Å². The molecule has 1 amide bonds. The smallest absolute Gasteiger partial charge is 0.347 e. The molecule has 2 rings (SSSR count). The fourth-order valence-corrected chi connectivity index (χ4v) is 4.11. The number of halogens is 3. The van der Waals surface area contributed by atoms with Gasteiger partial charge in [0.25, 0.3) is 0 Å². The average molecular weight is 427 g/mol. The highest BCUT2D eigenvalue weighted by atomic mass is 19.4. The van der Waals surface area contributed by atoms with Crippen LogP contribution in [0, 0.1) is 5.92 Å². The first kappa shape index (κ1) is 24.7. The van der Waals surface area contributed by atoms with Gasteiger partial charge in [0.2, 0.25) is 5.91 Å². The molecular weight excluding hydrogens is 389 g/mol. The van der Waals surface area contributed by atoms with Crippen LogP contribution in [0.4, 0.5) is 13.2 Å². The maximum absolute atomic E-state index is 12.2. The van der Waals surface area contributed by atoms with Crippen molar-refractivity contribution in [2.75, 3.05) is 6.54 Å². The van der Waals surface area contributed by atoms with Gasteiger partial charge in [-0.15, -0.1) is 0 Å². The van der Waals surface area contributed by atoms with Gasteiger partial charge in [0, 0.05) is 18.5 Å². The molecule has 2 unspecified atom stereocenters. The molecule has 1 aromatic rings. The standard InChI is InChI=1S/C24H37F3N2O/c1-2-3-4-5-6-7-8-9-19-10-12-20(13-11-19)17-28-22-15-14-21(16-22)23(30)29-18-24(25,26)27/h10-13,21-22,28H,2-9,14-18H2,1H3,(H,29,30). The summed E-state index contributed by atoms with van der Waals surface area (Å²) in [7, 11) is 0. The maximum atomic E-state index is 12.2. The molecule has 2 N–H and O–H groups in total. The second-order valence-corrected chi connectivity index (χ2v) is 8.61. The lowest BCUT2D eigenvalue weighted by molar-refractivity contribution is -0.140. The van der Waals surface area contributed by atoms with Crippen molar-refractivity contribution in [1.82, 2.24) is 10.6 Å². The largest absolute Gasteiger partial charge is 0.405 e. The van der Waals surface area contributed by atoms with Gasteiger partial charge in [-0.1, -0.05) is 69.7 Å². The Labute approximate surface area is 179 Å². The number of carbonyl (C=O) groups excluding carboxylic acids is 1. The molecule has 0 saturated heterocycles. The predicted molar refractivity (Wildman–Crippen MR) is 115 cm³/mol. The van der Waals surface area contributed by atoms with Crippen LogP contribution in [0.1, 0.15) is 82.3 Å². The summed E-state index contributed by atoms with van der Waals surface area (Å²) in [5.74, 6) is -0.805. The quantitative estimate of drug-likeness (QED) is 0.385. The number of carbonyl (C=O) groups is 1. The topological polar surface area (TPSA) is 41.1 Å². The highest BCUT2D eigenvalue weighted by Crippen LogP contribution is 2.26. The van der Waals surface area contributed by atoms with Crippen LogP contribution in [0.5, 0.6) is 0 Å². The molecule has 1 saturated carbocycles. The number of aryl methyl sites for hydroxylation is 1. The van der Waals surface area contributed by atoms with E-state index >= 15 is 0 Å². The van der Waals surface area contributed by atoms with Gasteiger partial charge < -0.3 is 10.6 Å². The summed E-state index contributed by atoms with van der Waals surface area (Å²) >= 11 is 0. The van der Waals surface area contributed by atoms with Crippen LogP contribution in [-0.2, 0) is 17.8 Å². The minimum atomic E-state index is -4.35. The lowest BCUT2D eigenvalue weighted by Crippen LogP contribution is -2.37. The van der Waals surface area contributed by atoms with Crippen molar-refractivity contribution in [2.45, 2.75) is 96.3 Å². The summed E-state index contributed by atoms with van der Waals surface area (Å²) in [6.07, 6.45) is 8.05. The van der Waals surface area contributed by atoms with Gasteiger partial charge in [-0.25, -0.2) is 0 Å². The molecule has 30 heavy (non-hydrogen) atoms. The van der Waals surface area contributed by atoms with E-state index in [1.807, 2.05) is 5.32 Å². The van der Waals surface area contributed by atoms with E-state index in [1.54, 1.807) is 0 Å². The molecule has 0 radical (unpaired) electrons. The molecule has 1 aliphatic carbocycles. The Morgan fingerprint density at radius 2 is 1.60 bits per heavy atom. The van der Waals surface area contributed by atoms with Crippen molar-refractivity contribution in [3.8, 4) is 0 Å². The number of rotatable bonds is 13. The first-order chi connectivity index (χ1) is 14.4. The zero-order chi connectivity index (χ0) is 21.8. The zero-order valence-corrected chi connectivity index (χ0v) is 18.2. The third-order valence-electron chi connectivity index (χ3n) is 5.95. The second-order valence-electron chi connectivity index (χ2n) is 8.61. The Morgan fingerprint density at radius 1 is 0.967 bits per heavy atom. The number of nitrogens with one attached hydrogen (secondary N) is 2. The minimum absolute atomic E-state index is 0.180. The molecule has 0 aromatic heterocycles. The molecule has 0 heterocycles.